The predicted molar refractivity (Wildman–Crippen MR) is 145 cm³/mol. The molecular weight excluding hydrogens is 458 g/mol. The van der Waals surface area contributed by atoms with Crippen LogP contribution in [-0.4, -0.2) is 54.0 Å². The van der Waals surface area contributed by atoms with Crippen molar-refractivity contribution >= 4 is 39.0 Å². The van der Waals surface area contributed by atoms with E-state index >= 15 is 0 Å². The summed E-state index contributed by atoms with van der Waals surface area (Å²) in [5, 5.41) is 4.04. The smallest absolute Gasteiger partial charge is 0.224 e. The SMILES string of the molecule is C=C(CN(C)C)C(=O)CC[C@@H](NC(=O)[C@@H](CC(C)=O)Cc1nc2ccc(CC)cc2s1)[C@@H](C)CC. The number of hydrogen-bond donors (Lipinski definition) is 1. The number of benzene rings is 1. The lowest BCUT2D eigenvalue weighted by molar-refractivity contribution is -0.129. The molecule has 192 valence electrons. The van der Waals surface area contributed by atoms with Crippen LogP contribution in [0.3, 0.4) is 0 Å². The highest BCUT2D eigenvalue weighted by Gasteiger charge is 2.27. The predicted octanol–water partition coefficient (Wildman–Crippen LogP) is 4.99. The Bertz CT molecular complexity index is 1040. The molecule has 0 saturated carbocycles. The van der Waals surface area contributed by atoms with Crippen molar-refractivity contribution in [3.63, 3.8) is 0 Å². The summed E-state index contributed by atoms with van der Waals surface area (Å²) in [4.78, 5) is 44.5. The topological polar surface area (TPSA) is 79.4 Å². The van der Waals surface area contributed by atoms with Gasteiger partial charge in [0.1, 0.15) is 5.78 Å². The zero-order valence-electron chi connectivity index (χ0n) is 22.1. The standard InChI is InChI=1S/C28H41N3O3S/c1-8-18(3)23(12-13-25(33)19(4)17-31(6)7)30-28(34)22(14-20(5)32)16-27-29-24-11-10-21(9-2)15-26(24)35-27/h10-11,15,18,22-23H,4,8-9,12-14,16-17H2,1-3,5-7H3,(H,30,34)/t18-,22-,23+/m0/s1. The average Bonchev–Trinajstić information content (AvgIpc) is 3.20. The van der Waals surface area contributed by atoms with Gasteiger partial charge in [0.15, 0.2) is 5.78 Å². The van der Waals surface area contributed by atoms with Crippen molar-refractivity contribution in [1.29, 1.82) is 0 Å². The van der Waals surface area contributed by atoms with Crippen LogP contribution in [0.25, 0.3) is 10.2 Å². The number of fused-ring (bicyclic) bond motifs is 1. The monoisotopic (exact) mass is 499 g/mol. The number of carbonyl (C=O) groups excluding carboxylic acids is 3. The van der Waals surface area contributed by atoms with E-state index in [1.54, 1.807) is 11.3 Å². The first-order valence-electron chi connectivity index (χ1n) is 12.6. The number of ketones is 2. The van der Waals surface area contributed by atoms with Crippen LogP contribution in [0.5, 0.6) is 0 Å². The molecule has 35 heavy (non-hydrogen) atoms. The van der Waals surface area contributed by atoms with Crippen molar-refractivity contribution < 1.29 is 14.4 Å². The Labute approximate surface area is 214 Å². The van der Waals surface area contributed by atoms with Crippen molar-refractivity contribution in [3.05, 3.63) is 40.9 Å². The van der Waals surface area contributed by atoms with Gasteiger partial charge in [-0.1, -0.05) is 39.8 Å². The van der Waals surface area contributed by atoms with Crippen molar-refractivity contribution in [2.24, 2.45) is 11.8 Å². The Hall–Kier alpha value is -2.38. The molecule has 0 fully saturated rings. The number of hydrogen-bond acceptors (Lipinski definition) is 6. The van der Waals surface area contributed by atoms with Gasteiger partial charge in [0.25, 0.3) is 0 Å². The first-order chi connectivity index (χ1) is 16.5. The summed E-state index contributed by atoms with van der Waals surface area (Å²) < 4.78 is 1.11. The van der Waals surface area contributed by atoms with Crippen molar-refractivity contribution in [3.8, 4) is 0 Å². The fourth-order valence-corrected chi connectivity index (χ4v) is 5.27. The average molecular weight is 500 g/mol. The van der Waals surface area contributed by atoms with Gasteiger partial charge in [-0.3, -0.25) is 9.59 Å². The highest BCUT2D eigenvalue weighted by molar-refractivity contribution is 7.18. The van der Waals surface area contributed by atoms with Gasteiger partial charge in [-0.05, 0) is 57.5 Å². The van der Waals surface area contributed by atoms with E-state index in [-0.39, 0.29) is 35.9 Å². The van der Waals surface area contributed by atoms with Gasteiger partial charge >= 0.3 is 0 Å². The number of Topliss-reactive ketones (excluding diaryl/α,β-unsaturated/α-hetero) is 2. The first-order valence-corrected chi connectivity index (χ1v) is 13.4. The number of nitrogens with zero attached hydrogens (tertiary/aromatic N) is 2. The van der Waals surface area contributed by atoms with E-state index in [9.17, 15) is 14.4 Å². The Morgan fingerprint density at radius 3 is 2.51 bits per heavy atom. The van der Waals surface area contributed by atoms with E-state index in [0.29, 0.717) is 31.4 Å². The molecule has 0 radical (unpaired) electrons. The molecule has 1 aromatic heterocycles. The minimum atomic E-state index is -0.482. The van der Waals surface area contributed by atoms with Gasteiger partial charge < -0.3 is 15.0 Å². The van der Waals surface area contributed by atoms with E-state index in [4.69, 9.17) is 4.98 Å². The minimum absolute atomic E-state index is 0.0187. The Morgan fingerprint density at radius 1 is 1.20 bits per heavy atom. The van der Waals surface area contributed by atoms with Crippen molar-refractivity contribution in [2.75, 3.05) is 20.6 Å². The lowest BCUT2D eigenvalue weighted by Gasteiger charge is -2.26. The number of rotatable bonds is 15. The van der Waals surface area contributed by atoms with Crippen molar-refractivity contribution in [2.45, 2.75) is 72.3 Å². The summed E-state index contributed by atoms with van der Waals surface area (Å²) in [5.74, 6) is -0.401. The number of thiazole rings is 1. The number of aryl methyl sites for hydroxylation is 1. The molecule has 0 aliphatic carbocycles. The van der Waals surface area contributed by atoms with Gasteiger partial charge in [0, 0.05) is 37.4 Å². The van der Waals surface area contributed by atoms with E-state index in [1.165, 1.54) is 12.5 Å². The minimum Gasteiger partial charge on any atom is -0.353 e. The third-order valence-electron chi connectivity index (χ3n) is 6.47. The van der Waals surface area contributed by atoms with Crippen LogP contribution in [0.1, 0.15) is 63.9 Å². The summed E-state index contributed by atoms with van der Waals surface area (Å²) in [6.07, 6.45) is 3.34. The van der Waals surface area contributed by atoms with Gasteiger partial charge in [-0.2, -0.15) is 0 Å². The quantitative estimate of drug-likeness (QED) is 0.349. The van der Waals surface area contributed by atoms with Crippen LogP contribution >= 0.6 is 11.3 Å². The molecule has 2 rings (SSSR count). The molecule has 0 aliphatic heterocycles. The molecule has 1 amide bonds. The highest BCUT2D eigenvalue weighted by atomic mass is 32.1. The third kappa shape index (κ3) is 8.97. The van der Waals surface area contributed by atoms with Crippen LogP contribution in [0.2, 0.25) is 0 Å². The van der Waals surface area contributed by atoms with E-state index in [2.05, 4.69) is 44.8 Å². The van der Waals surface area contributed by atoms with Gasteiger partial charge in [-0.15, -0.1) is 11.3 Å². The molecule has 1 aromatic carbocycles. The zero-order chi connectivity index (χ0) is 26.1. The van der Waals surface area contributed by atoms with E-state index < -0.39 is 5.92 Å². The van der Waals surface area contributed by atoms with Crippen LogP contribution in [-0.2, 0) is 27.2 Å². The largest absolute Gasteiger partial charge is 0.353 e. The summed E-state index contributed by atoms with van der Waals surface area (Å²) in [7, 11) is 3.81. The molecule has 1 N–H and O–H groups in total. The maximum atomic E-state index is 13.4. The summed E-state index contributed by atoms with van der Waals surface area (Å²) in [6.45, 7) is 12.2. The fourth-order valence-electron chi connectivity index (χ4n) is 4.16. The van der Waals surface area contributed by atoms with Gasteiger partial charge in [0.2, 0.25) is 5.91 Å². The van der Waals surface area contributed by atoms with Gasteiger partial charge in [0.05, 0.1) is 21.1 Å². The second-order valence-corrected chi connectivity index (χ2v) is 11.0. The number of aromatic nitrogens is 1. The van der Waals surface area contributed by atoms with Crippen LogP contribution in [0.4, 0.5) is 0 Å². The van der Waals surface area contributed by atoms with Crippen LogP contribution in [0, 0.1) is 11.8 Å². The molecule has 6 nitrogen and oxygen atoms in total. The van der Waals surface area contributed by atoms with E-state index in [1.807, 2.05) is 25.1 Å². The first kappa shape index (κ1) is 28.9. The normalized spacial score (nSPS) is 14.0. The molecule has 0 spiro atoms. The lowest BCUT2D eigenvalue weighted by Crippen LogP contribution is -2.43. The van der Waals surface area contributed by atoms with E-state index in [0.717, 1.165) is 28.1 Å². The Balaban J connectivity index is 2.13. The molecule has 2 aromatic rings. The highest BCUT2D eigenvalue weighted by Crippen LogP contribution is 2.27. The maximum Gasteiger partial charge on any atom is 0.224 e. The molecular formula is C28H41N3O3S. The summed E-state index contributed by atoms with van der Waals surface area (Å²) in [6, 6.07) is 6.11. The van der Waals surface area contributed by atoms with Crippen molar-refractivity contribution in [1.82, 2.24) is 15.2 Å². The number of carbonyl (C=O) groups is 3. The zero-order valence-corrected chi connectivity index (χ0v) is 23.0. The Kier molecular flexibility index (Phi) is 11.2. The molecule has 0 unspecified atom stereocenters. The van der Waals surface area contributed by atoms with Crippen LogP contribution < -0.4 is 5.32 Å². The molecule has 1 heterocycles. The molecule has 3 atom stereocenters. The molecule has 0 saturated heterocycles. The summed E-state index contributed by atoms with van der Waals surface area (Å²) in [5.41, 5.74) is 2.77. The third-order valence-corrected chi connectivity index (χ3v) is 7.51. The second-order valence-electron chi connectivity index (χ2n) is 9.87. The molecule has 7 heteroatoms. The Morgan fingerprint density at radius 2 is 1.91 bits per heavy atom. The molecule has 0 aliphatic rings. The number of likely N-dealkylation sites (N-methyl/N-ethyl adjacent to an activating group) is 1. The lowest BCUT2D eigenvalue weighted by atomic mass is 9.91. The molecule has 0 bridgehead atoms. The number of amides is 1. The maximum absolute atomic E-state index is 13.4. The second kappa shape index (κ2) is 13.6. The summed E-state index contributed by atoms with van der Waals surface area (Å²) >= 11 is 1.59. The number of nitrogens with one attached hydrogen (secondary N) is 1. The fraction of sp³-hybridized carbons (Fsp3) is 0.571. The van der Waals surface area contributed by atoms with Gasteiger partial charge in [-0.25, -0.2) is 4.98 Å². The van der Waals surface area contributed by atoms with Crippen LogP contribution in [0.15, 0.2) is 30.4 Å².